The summed E-state index contributed by atoms with van der Waals surface area (Å²) in [4.78, 5) is 9.19. The van der Waals surface area contributed by atoms with Crippen molar-refractivity contribution in [1.29, 1.82) is 0 Å². The van der Waals surface area contributed by atoms with Gasteiger partial charge in [0.15, 0.2) is 0 Å². The summed E-state index contributed by atoms with van der Waals surface area (Å²) in [5, 5.41) is 11.6. The summed E-state index contributed by atoms with van der Waals surface area (Å²) in [5.41, 5.74) is 1.21. The van der Waals surface area contributed by atoms with Gasteiger partial charge in [-0.2, -0.15) is 0 Å². The van der Waals surface area contributed by atoms with Crippen LogP contribution in [0, 0.1) is 0 Å². The van der Waals surface area contributed by atoms with Gasteiger partial charge in [-0.1, -0.05) is 35.1 Å². The highest BCUT2D eigenvalue weighted by molar-refractivity contribution is 7.15. The molecule has 26 heavy (non-hydrogen) atoms. The summed E-state index contributed by atoms with van der Waals surface area (Å²) in [6.45, 7) is 4.87. The Morgan fingerprint density at radius 1 is 1.08 bits per heavy atom. The molecule has 1 aliphatic rings. The summed E-state index contributed by atoms with van der Waals surface area (Å²) in [5.74, 6) is 1.11. The molecule has 0 spiro atoms. The van der Waals surface area contributed by atoms with Crippen molar-refractivity contribution in [3.05, 3.63) is 58.1 Å². The van der Waals surface area contributed by atoms with Crippen molar-refractivity contribution < 1.29 is 0 Å². The number of anilines is 1. The van der Waals surface area contributed by atoms with Gasteiger partial charge in [0.2, 0.25) is 5.13 Å². The zero-order valence-electron chi connectivity index (χ0n) is 14.7. The van der Waals surface area contributed by atoms with Crippen LogP contribution >= 0.6 is 22.9 Å². The van der Waals surface area contributed by atoms with Gasteiger partial charge in [0.1, 0.15) is 10.8 Å². The maximum absolute atomic E-state index is 5.94. The van der Waals surface area contributed by atoms with E-state index in [4.69, 9.17) is 11.6 Å². The van der Waals surface area contributed by atoms with Gasteiger partial charge in [-0.3, -0.25) is 4.90 Å². The quantitative estimate of drug-likeness (QED) is 0.672. The molecular formula is C18H21ClN6S. The molecule has 0 saturated carbocycles. The van der Waals surface area contributed by atoms with E-state index in [1.165, 1.54) is 5.56 Å². The lowest BCUT2D eigenvalue weighted by molar-refractivity contribution is 0.241. The van der Waals surface area contributed by atoms with Crippen LogP contribution in [0.2, 0.25) is 5.02 Å². The molecule has 0 amide bonds. The molecule has 2 aromatic heterocycles. The van der Waals surface area contributed by atoms with E-state index in [0.717, 1.165) is 60.1 Å². The minimum Gasteiger partial charge on any atom is -0.344 e. The zero-order chi connectivity index (χ0) is 17.9. The minimum atomic E-state index is 0.759. The van der Waals surface area contributed by atoms with E-state index in [1.807, 2.05) is 43.7 Å². The second-order valence-electron chi connectivity index (χ2n) is 6.50. The van der Waals surface area contributed by atoms with Crippen molar-refractivity contribution >= 4 is 28.1 Å². The maximum Gasteiger partial charge on any atom is 0.208 e. The third kappa shape index (κ3) is 4.06. The first-order valence-corrected chi connectivity index (χ1v) is 9.87. The Balaban J connectivity index is 1.32. The molecule has 6 nitrogen and oxygen atoms in total. The highest BCUT2D eigenvalue weighted by Crippen LogP contribution is 2.24. The molecule has 3 heterocycles. The average Bonchev–Trinajstić information content (AvgIpc) is 3.27. The molecule has 0 N–H and O–H groups in total. The van der Waals surface area contributed by atoms with E-state index < -0.39 is 0 Å². The SMILES string of the molecule is Cn1ccnc1CN1CCN(c2nnc(Cc3ccc(Cl)cc3)s2)CC1. The number of halogens is 1. The summed E-state index contributed by atoms with van der Waals surface area (Å²) in [6.07, 6.45) is 4.65. The molecule has 3 aromatic rings. The van der Waals surface area contributed by atoms with Crippen LogP contribution in [0.5, 0.6) is 0 Å². The predicted molar refractivity (Wildman–Crippen MR) is 105 cm³/mol. The van der Waals surface area contributed by atoms with E-state index in [0.29, 0.717) is 0 Å². The van der Waals surface area contributed by atoms with Gasteiger partial charge in [-0.25, -0.2) is 4.98 Å². The second-order valence-corrected chi connectivity index (χ2v) is 7.98. The Hall–Kier alpha value is -1.96. The van der Waals surface area contributed by atoms with Crippen LogP contribution in [0.1, 0.15) is 16.4 Å². The lowest BCUT2D eigenvalue weighted by Gasteiger charge is -2.33. The molecule has 0 radical (unpaired) electrons. The molecule has 136 valence electrons. The Morgan fingerprint density at radius 3 is 2.54 bits per heavy atom. The molecule has 1 aliphatic heterocycles. The molecule has 0 atom stereocenters. The van der Waals surface area contributed by atoms with Gasteiger partial charge in [-0.05, 0) is 17.7 Å². The summed E-state index contributed by atoms with van der Waals surface area (Å²) in [6, 6.07) is 7.92. The van der Waals surface area contributed by atoms with Gasteiger partial charge >= 0.3 is 0 Å². The number of benzene rings is 1. The summed E-state index contributed by atoms with van der Waals surface area (Å²) >= 11 is 7.63. The molecular weight excluding hydrogens is 368 g/mol. The van der Waals surface area contributed by atoms with E-state index >= 15 is 0 Å². The van der Waals surface area contributed by atoms with Crippen molar-refractivity contribution in [2.45, 2.75) is 13.0 Å². The van der Waals surface area contributed by atoms with Crippen molar-refractivity contribution in [2.24, 2.45) is 7.05 Å². The van der Waals surface area contributed by atoms with Crippen LogP contribution < -0.4 is 4.90 Å². The van der Waals surface area contributed by atoms with Crippen molar-refractivity contribution in [3.8, 4) is 0 Å². The molecule has 0 aliphatic carbocycles. The molecule has 8 heteroatoms. The van der Waals surface area contributed by atoms with Gasteiger partial charge < -0.3 is 9.47 Å². The fraction of sp³-hybridized carbons (Fsp3) is 0.389. The highest BCUT2D eigenvalue weighted by atomic mass is 35.5. The van der Waals surface area contributed by atoms with Gasteiger partial charge in [0, 0.05) is 57.1 Å². The van der Waals surface area contributed by atoms with Gasteiger partial charge in [-0.15, -0.1) is 10.2 Å². The second kappa shape index (κ2) is 7.73. The lowest BCUT2D eigenvalue weighted by atomic mass is 10.2. The molecule has 1 fully saturated rings. The largest absolute Gasteiger partial charge is 0.344 e. The number of hydrogen-bond donors (Lipinski definition) is 0. The Labute approximate surface area is 162 Å². The normalized spacial score (nSPS) is 15.5. The molecule has 1 saturated heterocycles. The average molecular weight is 389 g/mol. The molecule has 4 rings (SSSR count). The van der Waals surface area contributed by atoms with Crippen LogP contribution in [0.3, 0.4) is 0 Å². The Morgan fingerprint density at radius 2 is 1.85 bits per heavy atom. The number of aromatic nitrogens is 4. The number of hydrogen-bond acceptors (Lipinski definition) is 6. The van der Waals surface area contributed by atoms with Gasteiger partial charge in [0.25, 0.3) is 0 Å². The van der Waals surface area contributed by atoms with Crippen LogP contribution in [0.15, 0.2) is 36.7 Å². The number of rotatable bonds is 5. The van der Waals surface area contributed by atoms with Crippen molar-refractivity contribution in [2.75, 3.05) is 31.1 Å². The predicted octanol–water partition coefficient (Wildman–Crippen LogP) is 2.84. The zero-order valence-corrected chi connectivity index (χ0v) is 16.2. The summed E-state index contributed by atoms with van der Waals surface area (Å²) in [7, 11) is 2.04. The maximum atomic E-state index is 5.94. The molecule has 1 aromatic carbocycles. The van der Waals surface area contributed by atoms with Crippen LogP contribution in [-0.4, -0.2) is 50.8 Å². The van der Waals surface area contributed by atoms with E-state index in [-0.39, 0.29) is 0 Å². The third-order valence-electron chi connectivity index (χ3n) is 4.65. The lowest BCUT2D eigenvalue weighted by Crippen LogP contribution is -2.46. The van der Waals surface area contributed by atoms with Crippen LogP contribution in [-0.2, 0) is 20.0 Å². The number of nitrogens with zero attached hydrogens (tertiary/aromatic N) is 6. The third-order valence-corrected chi connectivity index (χ3v) is 5.89. The first-order chi connectivity index (χ1) is 12.7. The van der Waals surface area contributed by atoms with E-state index in [2.05, 4.69) is 29.5 Å². The number of imidazole rings is 1. The monoisotopic (exact) mass is 388 g/mol. The van der Waals surface area contributed by atoms with Crippen molar-refractivity contribution in [3.63, 3.8) is 0 Å². The topological polar surface area (TPSA) is 50.1 Å². The Bertz CT molecular complexity index is 851. The smallest absolute Gasteiger partial charge is 0.208 e. The standard InChI is InChI=1S/C18H21ClN6S/c1-23-7-6-20-16(23)13-24-8-10-25(11-9-24)18-22-21-17(26-18)12-14-2-4-15(19)5-3-14/h2-7H,8-13H2,1H3. The van der Waals surface area contributed by atoms with E-state index in [1.54, 1.807) is 11.3 Å². The minimum absolute atomic E-state index is 0.759. The molecule has 0 unspecified atom stereocenters. The fourth-order valence-corrected chi connectivity index (χ4v) is 4.12. The number of aryl methyl sites for hydroxylation is 1. The van der Waals surface area contributed by atoms with Crippen LogP contribution in [0.4, 0.5) is 5.13 Å². The fourth-order valence-electron chi connectivity index (χ4n) is 3.07. The first kappa shape index (κ1) is 17.5. The van der Waals surface area contributed by atoms with Crippen molar-refractivity contribution in [1.82, 2.24) is 24.6 Å². The first-order valence-electron chi connectivity index (χ1n) is 8.68. The molecule has 0 bridgehead atoms. The van der Waals surface area contributed by atoms with Gasteiger partial charge in [0.05, 0.1) is 6.54 Å². The Kier molecular flexibility index (Phi) is 5.19. The summed E-state index contributed by atoms with van der Waals surface area (Å²) < 4.78 is 2.08. The highest BCUT2D eigenvalue weighted by Gasteiger charge is 2.21. The van der Waals surface area contributed by atoms with Crippen LogP contribution in [0.25, 0.3) is 0 Å². The van der Waals surface area contributed by atoms with E-state index in [9.17, 15) is 0 Å². The number of piperazine rings is 1.